The van der Waals surface area contributed by atoms with Crippen molar-refractivity contribution in [2.45, 2.75) is 251 Å². The zero-order valence-electron chi connectivity index (χ0n) is 42.0. The molecule has 0 saturated heterocycles. The number of nitrogens with one attached hydrogen (secondary N) is 1. The number of likely N-dealkylation sites (N-methyl/N-ethyl adjacent to an activating group) is 1. The standard InChI is InChI=1S/C53H101N2O7P/c1-7-10-13-16-19-22-25-26-27-28-31-34-37-40-43-46-53(57)62-51(44-41-38-35-32-29-23-20-17-14-11-8-2)50(49-61-63(58,59)60-48-47-55(4,5)6)54-52(56)45-42-39-36-33-30-24-21-18-15-12-9-3/h19,22,25-26,41,44,50-51H,7-18,20-21,23-24,27-40,42-43,45-49H2,1-6H3,(H-,54,56,58,59)/b22-19+,26-25+,44-41+. The van der Waals surface area contributed by atoms with Crippen LogP contribution in [0.1, 0.15) is 239 Å². The summed E-state index contributed by atoms with van der Waals surface area (Å²) in [6.07, 6.45) is 49.6. The van der Waals surface area contributed by atoms with Crippen LogP contribution in [0.3, 0.4) is 0 Å². The highest BCUT2D eigenvalue weighted by molar-refractivity contribution is 7.45. The number of esters is 1. The Hall–Kier alpha value is -1.77. The van der Waals surface area contributed by atoms with Gasteiger partial charge in [0.1, 0.15) is 19.3 Å². The Balaban J connectivity index is 5.41. The van der Waals surface area contributed by atoms with E-state index in [2.05, 4.69) is 50.4 Å². The molecule has 0 rings (SSSR count). The van der Waals surface area contributed by atoms with E-state index in [4.69, 9.17) is 13.8 Å². The maximum Gasteiger partial charge on any atom is 0.306 e. The first-order valence-corrected chi connectivity index (χ1v) is 27.8. The largest absolute Gasteiger partial charge is 0.756 e. The van der Waals surface area contributed by atoms with E-state index < -0.39 is 20.0 Å². The molecule has 370 valence electrons. The van der Waals surface area contributed by atoms with Crippen molar-refractivity contribution >= 4 is 19.7 Å². The number of carbonyl (C=O) groups is 2. The molecule has 0 bridgehead atoms. The Labute approximate surface area is 389 Å². The number of unbranched alkanes of at least 4 members (excludes halogenated alkanes) is 28. The molecule has 3 atom stereocenters. The lowest BCUT2D eigenvalue weighted by atomic mass is 10.0. The fourth-order valence-electron chi connectivity index (χ4n) is 7.45. The molecule has 0 aromatic carbocycles. The minimum Gasteiger partial charge on any atom is -0.756 e. The third kappa shape index (κ3) is 45.2. The lowest BCUT2D eigenvalue weighted by Gasteiger charge is -2.30. The minimum absolute atomic E-state index is 0.0227. The summed E-state index contributed by atoms with van der Waals surface area (Å²) in [5.74, 6) is -0.552. The Kier molecular flexibility index (Phi) is 42.8. The SMILES string of the molecule is CCCCC/C=C/C=C/CCCCCCCCC(=O)OC(/C=C/CCCCCCCCCCC)C(COP(=O)([O-])OCC[N+](C)(C)C)NC(=O)CCCCCCCCCCCCC. The normalized spacial score (nSPS) is 14.2. The van der Waals surface area contributed by atoms with E-state index in [9.17, 15) is 19.0 Å². The van der Waals surface area contributed by atoms with Gasteiger partial charge in [-0.3, -0.25) is 14.2 Å². The van der Waals surface area contributed by atoms with Gasteiger partial charge in [-0.25, -0.2) is 0 Å². The van der Waals surface area contributed by atoms with Crippen LogP contribution in [0.5, 0.6) is 0 Å². The monoisotopic (exact) mass is 909 g/mol. The number of carbonyl (C=O) groups excluding carboxylic acids is 2. The molecule has 1 N–H and O–H groups in total. The number of allylic oxidation sites excluding steroid dienone is 5. The second-order valence-electron chi connectivity index (χ2n) is 19.1. The van der Waals surface area contributed by atoms with E-state index in [0.29, 0.717) is 17.4 Å². The van der Waals surface area contributed by atoms with Gasteiger partial charge in [-0.05, 0) is 57.4 Å². The zero-order valence-corrected chi connectivity index (χ0v) is 42.9. The number of rotatable bonds is 47. The maximum absolute atomic E-state index is 13.4. The summed E-state index contributed by atoms with van der Waals surface area (Å²) < 4.78 is 30.1. The first-order valence-electron chi connectivity index (χ1n) is 26.3. The molecule has 3 unspecified atom stereocenters. The molecule has 0 aromatic rings. The molecule has 10 heteroatoms. The smallest absolute Gasteiger partial charge is 0.306 e. The Morgan fingerprint density at radius 3 is 1.43 bits per heavy atom. The van der Waals surface area contributed by atoms with Crippen LogP contribution in [-0.4, -0.2) is 69.4 Å². The number of amides is 1. The van der Waals surface area contributed by atoms with E-state index in [-0.39, 0.29) is 31.5 Å². The summed E-state index contributed by atoms with van der Waals surface area (Å²) in [6, 6.07) is -0.886. The summed E-state index contributed by atoms with van der Waals surface area (Å²) in [5.41, 5.74) is 0. The first kappa shape index (κ1) is 61.2. The second-order valence-corrected chi connectivity index (χ2v) is 20.5. The highest BCUT2D eigenvalue weighted by atomic mass is 31.2. The van der Waals surface area contributed by atoms with Gasteiger partial charge in [0.2, 0.25) is 5.91 Å². The summed E-state index contributed by atoms with van der Waals surface area (Å²) in [7, 11) is 1.18. The number of quaternary nitrogens is 1. The van der Waals surface area contributed by atoms with Crippen molar-refractivity contribution in [2.24, 2.45) is 0 Å². The highest BCUT2D eigenvalue weighted by Gasteiger charge is 2.27. The molecular formula is C53H101N2O7P. The van der Waals surface area contributed by atoms with Gasteiger partial charge in [0, 0.05) is 12.8 Å². The number of hydrogen-bond acceptors (Lipinski definition) is 7. The molecule has 0 spiro atoms. The van der Waals surface area contributed by atoms with Crippen molar-refractivity contribution < 1.29 is 37.3 Å². The van der Waals surface area contributed by atoms with Crippen LogP contribution < -0.4 is 10.2 Å². The average molecular weight is 909 g/mol. The minimum atomic E-state index is -4.68. The highest BCUT2D eigenvalue weighted by Crippen LogP contribution is 2.38. The number of phosphoric ester groups is 1. The van der Waals surface area contributed by atoms with Crippen LogP contribution in [0.15, 0.2) is 36.5 Å². The summed E-state index contributed by atoms with van der Waals surface area (Å²) in [6.45, 7) is 6.78. The number of hydrogen-bond donors (Lipinski definition) is 1. The number of phosphoric acid groups is 1. The van der Waals surface area contributed by atoms with Crippen molar-refractivity contribution in [1.29, 1.82) is 0 Å². The maximum atomic E-state index is 13.4. The van der Waals surface area contributed by atoms with Crippen molar-refractivity contribution in [3.8, 4) is 0 Å². The lowest BCUT2D eigenvalue weighted by molar-refractivity contribution is -0.870. The van der Waals surface area contributed by atoms with Crippen LogP contribution in [0.4, 0.5) is 0 Å². The summed E-state index contributed by atoms with van der Waals surface area (Å²) in [5, 5.41) is 3.00. The third-order valence-corrected chi connectivity index (χ3v) is 12.6. The molecule has 0 fully saturated rings. The molecule has 0 heterocycles. The molecule has 0 radical (unpaired) electrons. The Bertz CT molecular complexity index is 1180. The molecule has 0 aromatic heterocycles. The van der Waals surface area contributed by atoms with Gasteiger partial charge in [-0.2, -0.15) is 0 Å². The van der Waals surface area contributed by atoms with Gasteiger partial charge in [-0.15, -0.1) is 0 Å². The van der Waals surface area contributed by atoms with Crippen LogP contribution in [0.25, 0.3) is 0 Å². The molecule has 1 amide bonds. The second kappa shape index (κ2) is 44.1. The lowest BCUT2D eigenvalue weighted by Crippen LogP contribution is -2.47. The average Bonchev–Trinajstić information content (AvgIpc) is 3.23. The van der Waals surface area contributed by atoms with E-state index in [1.807, 2.05) is 33.3 Å². The van der Waals surface area contributed by atoms with Crippen molar-refractivity contribution in [1.82, 2.24) is 5.32 Å². The quantitative estimate of drug-likeness (QED) is 0.0161. The molecule has 9 nitrogen and oxygen atoms in total. The van der Waals surface area contributed by atoms with Gasteiger partial charge in [0.05, 0.1) is 33.8 Å². The first-order chi connectivity index (χ1) is 30.4. The van der Waals surface area contributed by atoms with Gasteiger partial charge in [-0.1, -0.05) is 205 Å². The van der Waals surface area contributed by atoms with Crippen LogP contribution >= 0.6 is 7.82 Å². The van der Waals surface area contributed by atoms with Gasteiger partial charge >= 0.3 is 5.97 Å². The van der Waals surface area contributed by atoms with Crippen molar-refractivity contribution in [2.75, 3.05) is 40.9 Å². The molecule has 0 aliphatic carbocycles. The van der Waals surface area contributed by atoms with Crippen LogP contribution in [0.2, 0.25) is 0 Å². The third-order valence-electron chi connectivity index (χ3n) is 11.6. The van der Waals surface area contributed by atoms with Crippen molar-refractivity contribution in [3.63, 3.8) is 0 Å². The van der Waals surface area contributed by atoms with E-state index in [1.54, 1.807) is 0 Å². The topological polar surface area (TPSA) is 114 Å². The molecule has 63 heavy (non-hydrogen) atoms. The van der Waals surface area contributed by atoms with Crippen LogP contribution in [0, 0.1) is 0 Å². The predicted octanol–water partition coefficient (Wildman–Crippen LogP) is 14.6. The van der Waals surface area contributed by atoms with E-state index in [0.717, 1.165) is 77.0 Å². The number of ether oxygens (including phenoxy) is 1. The zero-order chi connectivity index (χ0) is 46.5. The molecule has 0 saturated carbocycles. The Morgan fingerprint density at radius 2 is 0.952 bits per heavy atom. The predicted molar refractivity (Wildman–Crippen MR) is 266 cm³/mol. The van der Waals surface area contributed by atoms with E-state index in [1.165, 1.54) is 128 Å². The summed E-state index contributed by atoms with van der Waals surface area (Å²) >= 11 is 0. The van der Waals surface area contributed by atoms with Gasteiger partial charge in [0.15, 0.2) is 0 Å². The van der Waals surface area contributed by atoms with E-state index >= 15 is 0 Å². The molecule has 0 aliphatic rings. The van der Waals surface area contributed by atoms with Gasteiger partial charge in [0.25, 0.3) is 7.82 Å². The van der Waals surface area contributed by atoms with Crippen LogP contribution in [-0.2, 0) is 27.9 Å². The summed E-state index contributed by atoms with van der Waals surface area (Å²) in [4.78, 5) is 39.6. The number of nitrogens with zero attached hydrogens (tertiary/aromatic N) is 1. The fraction of sp³-hybridized carbons (Fsp3) is 0.849. The molecule has 0 aliphatic heterocycles. The van der Waals surface area contributed by atoms with Gasteiger partial charge < -0.3 is 28.5 Å². The fourth-order valence-corrected chi connectivity index (χ4v) is 8.18. The molecular weight excluding hydrogens is 808 g/mol. The Morgan fingerprint density at radius 1 is 0.556 bits per heavy atom. The van der Waals surface area contributed by atoms with Crippen molar-refractivity contribution in [3.05, 3.63) is 36.5 Å².